The van der Waals surface area contributed by atoms with E-state index in [-0.39, 0.29) is 0 Å². The predicted molar refractivity (Wildman–Crippen MR) is 68.9 cm³/mol. The summed E-state index contributed by atoms with van der Waals surface area (Å²) in [6.45, 7) is 2.65. The zero-order valence-electron chi connectivity index (χ0n) is 9.53. The zero-order chi connectivity index (χ0) is 12.3. The SMILES string of the molecule is CNCc1nnc(Oc2cc(Cl)ccc2C)s1. The van der Waals surface area contributed by atoms with Gasteiger partial charge >= 0.3 is 0 Å². The Labute approximate surface area is 109 Å². The lowest BCUT2D eigenvalue weighted by Gasteiger charge is -2.04. The lowest BCUT2D eigenvalue weighted by molar-refractivity contribution is 0.469. The van der Waals surface area contributed by atoms with E-state index in [1.54, 1.807) is 6.07 Å². The Hall–Kier alpha value is -1.17. The third-order valence-corrected chi connectivity index (χ3v) is 3.16. The molecule has 2 rings (SSSR count). The van der Waals surface area contributed by atoms with Gasteiger partial charge in [-0.2, -0.15) is 0 Å². The predicted octanol–water partition coefficient (Wildman–Crippen LogP) is 3.01. The summed E-state index contributed by atoms with van der Waals surface area (Å²) in [5, 5.41) is 13.0. The molecule has 0 bridgehead atoms. The van der Waals surface area contributed by atoms with Gasteiger partial charge in [0.05, 0.1) is 0 Å². The van der Waals surface area contributed by atoms with E-state index in [4.69, 9.17) is 16.3 Å². The molecule has 2 aromatic rings. The molecule has 0 radical (unpaired) electrons. The fourth-order valence-corrected chi connectivity index (χ4v) is 2.15. The van der Waals surface area contributed by atoms with Crippen LogP contribution in [-0.4, -0.2) is 17.2 Å². The maximum absolute atomic E-state index is 5.92. The van der Waals surface area contributed by atoms with Crippen molar-refractivity contribution >= 4 is 22.9 Å². The molecule has 0 unspecified atom stereocenters. The second kappa shape index (κ2) is 5.44. The lowest BCUT2D eigenvalue weighted by atomic mass is 10.2. The van der Waals surface area contributed by atoms with Crippen molar-refractivity contribution in [3.05, 3.63) is 33.8 Å². The van der Waals surface area contributed by atoms with E-state index in [9.17, 15) is 0 Å². The van der Waals surface area contributed by atoms with Gasteiger partial charge in [0.25, 0.3) is 5.19 Å². The molecular formula is C11H12ClN3OS. The summed E-state index contributed by atoms with van der Waals surface area (Å²) in [5.41, 5.74) is 1.01. The Morgan fingerprint density at radius 2 is 2.24 bits per heavy atom. The summed E-state index contributed by atoms with van der Waals surface area (Å²) in [6, 6.07) is 5.51. The second-order valence-corrected chi connectivity index (χ2v) is 4.96. The van der Waals surface area contributed by atoms with Crippen LogP contribution < -0.4 is 10.1 Å². The standard InChI is InChI=1S/C11H12ClN3OS/c1-7-3-4-8(12)5-9(7)16-11-15-14-10(17-11)6-13-2/h3-5,13H,6H2,1-2H3. The van der Waals surface area contributed by atoms with E-state index in [1.807, 2.05) is 26.1 Å². The van der Waals surface area contributed by atoms with Crippen LogP contribution in [0.25, 0.3) is 0 Å². The van der Waals surface area contributed by atoms with Gasteiger partial charge in [0, 0.05) is 11.6 Å². The molecule has 1 aromatic carbocycles. The highest BCUT2D eigenvalue weighted by Gasteiger charge is 2.07. The first-order valence-electron chi connectivity index (χ1n) is 5.10. The monoisotopic (exact) mass is 269 g/mol. The van der Waals surface area contributed by atoms with Crippen molar-refractivity contribution in [2.75, 3.05) is 7.05 Å². The molecule has 4 nitrogen and oxygen atoms in total. The smallest absolute Gasteiger partial charge is 0.299 e. The van der Waals surface area contributed by atoms with Gasteiger partial charge in [0.15, 0.2) is 0 Å². The number of halogens is 1. The summed E-state index contributed by atoms with van der Waals surface area (Å²) in [5.74, 6) is 0.713. The Morgan fingerprint density at radius 1 is 1.41 bits per heavy atom. The van der Waals surface area contributed by atoms with E-state index in [2.05, 4.69) is 15.5 Å². The van der Waals surface area contributed by atoms with Gasteiger partial charge in [-0.3, -0.25) is 0 Å². The van der Waals surface area contributed by atoms with Crippen LogP contribution in [0.1, 0.15) is 10.6 Å². The van der Waals surface area contributed by atoms with Crippen molar-refractivity contribution in [2.24, 2.45) is 0 Å². The topological polar surface area (TPSA) is 47.0 Å². The summed E-state index contributed by atoms with van der Waals surface area (Å²) < 4.78 is 5.65. The minimum Gasteiger partial charge on any atom is -0.429 e. The highest BCUT2D eigenvalue weighted by atomic mass is 35.5. The van der Waals surface area contributed by atoms with E-state index in [0.29, 0.717) is 22.5 Å². The van der Waals surface area contributed by atoms with Crippen LogP contribution in [0.15, 0.2) is 18.2 Å². The van der Waals surface area contributed by atoms with Gasteiger partial charge in [0.2, 0.25) is 0 Å². The van der Waals surface area contributed by atoms with Gasteiger partial charge in [-0.15, -0.1) is 5.10 Å². The van der Waals surface area contributed by atoms with Gasteiger partial charge in [0.1, 0.15) is 10.8 Å². The lowest BCUT2D eigenvalue weighted by Crippen LogP contribution is -2.04. The molecule has 17 heavy (non-hydrogen) atoms. The fourth-order valence-electron chi connectivity index (χ4n) is 1.28. The maximum atomic E-state index is 5.92. The van der Waals surface area contributed by atoms with Crippen LogP contribution >= 0.6 is 22.9 Å². The van der Waals surface area contributed by atoms with Gasteiger partial charge in [-0.1, -0.05) is 34.1 Å². The van der Waals surface area contributed by atoms with Crippen LogP contribution in [0.5, 0.6) is 10.9 Å². The molecule has 0 spiro atoms. The van der Waals surface area contributed by atoms with Gasteiger partial charge < -0.3 is 10.1 Å². The maximum Gasteiger partial charge on any atom is 0.299 e. The van der Waals surface area contributed by atoms with E-state index in [1.165, 1.54) is 11.3 Å². The van der Waals surface area contributed by atoms with Crippen LogP contribution in [-0.2, 0) is 6.54 Å². The third-order valence-electron chi connectivity index (χ3n) is 2.12. The summed E-state index contributed by atoms with van der Waals surface area (Å²) in [7, 11) is 1.86. The summed E-state index contributed by atoms with van der Waals surface area (Å²) in [6.07, 6.45) is 0. The molecule has 0 aliphatic heterocycles. The normalized spacial score (nSPS) is 10.5. The van der Waals surface area contributed by atoms with E-state index >= 15 is 0 Å². The first kappa shape index (κ1) is 12.3. The number of rotatable bonds is 4. The molecule has 1 heterocycles. The number of nitrogens with one attached hydrogen (secondary N) is 1. The Bertz CT molecular complexity index is 515. The fraction of sp³-hybridized carbons (Fsp3) is 0.273. The van der Waals surface area contributed by atoms with Crippen LogP contribution in [0.2, 0.25) is 5.02 Å². The number of aromatic nitrogens is 2. The Kier molecular flexibility index (Phi) is 3.93. The van der Waals surface area contributed by atoms with Crippen molar-refractivity contribution in [3.63, 3.8) is 0 Å². The molecule has 0 aliphatic carbocycles. The Balaban J connectivity index is 2.16. The van der Waals surface area contributed by atoms with Gasteiger partial charge in [-0.05, 0) is 31.7 Å². The zero-order valence-corrected chi connectivity index (χ0v) is 11.1. The number of hydrogen-bond acceptors (Lipinski definition) is 5. The number of hydrogen-bond donors (Lipinski definition) is 1. The molecule has 1 aromatic heterocycles. The third kappa shape index (κ3) is 3.15. The molecule has 0 amide bonds. The molecule has 90 valence electrons. The molecular weight excluding hydrogens is 258 g/mol. The second-order valence-electron chi connectivity index (χ2n) is 3.50. The molecule has 1 N–H and O–H groups in total. The van der Waals surface area contributed by atoms with Crippen LogP contribution in [0.3, 0.4) is 0 Å². The number of aryl methyl sites for hydroxylation is 1. The molecule has 0 fully saturated rings. The number of benzene rings is 1. The molecule has 0 saturated carbocycles. The molecule has 6 heteroatoms. The van der Waals surface area contributed by atoms with Crippen LogP contribution in [0.4, 0.5) is 0 Å². The van der Waals surface area contributed by atoms with Crippen molar-refractivity contribution in [1.82, 2.24) is 15.5 Å². The minimum atomic E-state index is 0.528. The average molecular weight is 270 g/mol. The molecule has 0 saturated heterocycles. The first-order valence-corrected chi connectivity index (χ1v) is 6.29. The van der Waals surface area contributed by atoms with Crippen molar-refractivity contribution in [3.8, 4) is 10.9 Å². The quantitative estimate of drug-likeness (QED) is 0.927. The van der Waals surface area contributed by atoms with Crippen molar-refractivity contribution in [1.29, 1.82) is 0 Å². The van der Waals surface area contributed by atoms with Crippen molar-refractivity contribution < 1.29 is 4.74 Å². The first-order chi connectivity index (χ1) is 8.19. The number of nitrogens with zero attached hydrogens (tertiary/aromatic N) is 2. The molecule has 0 aliphatic rings. The highest BCUT2D eigenvalue weighted by molar-refractivity contribution is 7.13. The average Bonchev–Trinajstić information content (AvgIpc) is 2.72. The minimum absolute atomic E-state index is 0.528. The van der Waals surface area contributed by atoms with E-state index < -0.39 is 0 Å². The highest BCUT2D eigenvalue weighted by Crippen LogP contribution is 2.29. The summed E-state index contributed by atoms with van der Waals surface area (Å²) >= 11 is 7.33. The largest absolute Gasteiger partial charge is 0.429 e. The molecule has 0 atom stereocenters. The van der Waals surface area contributed by atoms with Crippen LogP contribution in [0, 0.1) is 6.92 Å². The van der Waals surface area contributed by atoms with Crippen molar-refractivity contribution in [2.45, 2.75) is 13.5 Å². The number of ether oxygens (including phenoxy) is 1. The summed E-state index contributed by atoms with van der Waals surface area (Å²) in [4.78, 5) is 0. The van der Waals surface area contributed by atoms with E-state index in [0.717, 1.165) is 10.6 Å². The van der Waals surface area contributed by atoms with Gasteiger partial charge in [-0.25, -0.2) is 0 Å². The Morgan fingerprint density at radius 3 is 3.00 bits per heavy atom.